The normalized spacial score (nSPS) is 16.6. The highest BCUT2D eigenvalue weighted by Gasteiger charge is 2.12. The minimum absolute atomic E-state index is 0.273. The minimum atomic E-state index is 0.273. The third kappa shape index (κ3) is 1.77. The second-order valence-electron chi connectivity index (χ2n) is 3.80. The topological polar surface area (TPSA) is 17.1 Å². The Hall–Kier alpha value is -1.37. The maximum atomic E-state index is 11.3. The predicted molar refractivity (Wildman–Crippen MR) is 58.0 cm³/mol. The van der Waals surface area contributed by atoms with Crippen LogP contribution in [-0.2, 0) is 4.79 Å². The Balaban J connectivity index is 2.40. The van der Waals surface area contributed by atoms with Crippen molar-refractivity contribution in [1.29, 1.82) is 0 Å². The SMILES string of the molecule is Cc1ccccc1C1=CC(=O)CCC1. The highest BCUT2D eigenvalue weighted by atomic mass is 16.1. The van der Waals surface area contributed by atoms with E-state index in [-0.39, 0.29) is 5.78 Å². The van der Waals surface area contributed by atoms with Crippen LogP contribution < -0.4 is 0 Å². The van der Waals surface area contributed by atoms with Crippen molar-refractivity contribution in [3.63, 3.8) is 0 Å². The number of rotatable bonds is 1. The Morgan fingerprint density at radius 1 is 1.14 bits per heavy atom. The fourth-order valence-electron chi connectivity index (χ4n) is 1.94. The van der Waals surface area contributed by atoms with Gasteiger partial charge < -0.3 is 0 Å². The van der Waals surface area contributed by atoms with Crippen molar-refractivity contribution < 1.29 is 4.79 Å². The number of hydrogen-bond acceptors (Lipinski definition) is 1. The molecule has 1 heteroatoms. The molecule has 14 heavy (non-hydrogen) atoms. The van der Waals surface area contributed by atoms with Gasteiger partial charge in [0.1, 0.15) is 0 Å². The van der Waals surface area contributed by atoms with Crippen LogP contribution in [0.2, 0.25) is 0 Å². The molecule has 1 aliphatic carbocycles. The van der Waals surface area contributed by atoms with Gasteiger partial charge in [0.2, 0.25) is 0 Å². The van der Waals surface area contributed by atoms with Crippen LogP contribution in [0.4, 0.5) is 0 Å². The molecule has 0 aromatic heterocycles. The molecule has 0 unspecified atom stereocenters. The molecule has 1 nitrogen and oxygen atoms in total. The molecule has 0 aliphatic heterocycles. The second-order valence-corrected chi connectivity index (χ2v) is 3.80. The van der Waals surface area contributed by atoms with E-state index in [0.29, 0.717) is 0 Å². The zero-order valence-electron chi connectivity index (χ0n) is 8.42. The van der Waals surface area contributed by atoms with Crippen molar-refractivity contribution in [2.24, 2.45) is 0 Å². The average molecular weight is 186 g/mol. The Kier molecular flexibility index (Phi) is 2.49. The smallest absolute Gasteiger partial charge is 0.155 e. The zero-order valence-corrected chi connectivity index (χ0v) is 8.42. The molecule has 0 bridgehead atoms. The third-order valence-electron chi connectivity index (χ3n) is 2.70. The first-order valence-corrected chi connectivity index (χ1v) is 5.07. The summed E-state index contributed by atoms with van der Waals surface area (Å²) in [6.07, 6.45) is 4.57. The lowest BCUT2D eigenvalue weighted by Crippen LogP contribution is -2.02. The van der Waals surface area contributed by atoms with Crippen LogP contribution in [0.3, 0.4) is 0 Å². The Bertz CT molecular complexity index is 388. The van der Waals surface area contributed by atoms with Gasteiger partial charge in [0.25, 0.3) is 0 Å². The van der Waals surface area contributed by atoms with Crippen LogP contribution in [-0.4, -0.2) is 5.78 Å². The molecule has 0 heterocycles. The van der Waals surface area contributed by atoms with Crippen LogP contribution in [0.25, 0.3) is 5.57 Å². The van der Waals surface area contributed by atoms with Crippen molar-refractivity contribution >= 4 is 11.4 Å². The number of ketones is 1. The molecular formula is C13H14O. The molecule has 2 rings (SSSR count). The lowest BCUT2D eigenvalue weighted by Gasteiger charge is -2.13. The van der Waals surface area contributed by atoms with Crippen molar-refractivity contribution in [1.82, 2.24) is 0 Å². The third-order valence-corrected chi connectivity index (χ3v) is 2.70. The van der Waals surface area contributed by atoms with Crippen LogP contribution in [0.15, 0.2) is 30.3 Å². The quantitative estimate of drug-likeness (QED) is 0.658. The van der Waals surface area contributed by atoms with E-state index in [1.807, 2.05) is 18.2 Å². The minimum Gasteiger partial charge on any atom is -0.295 e. The fraction of sp³-hybridized carbons (Fsp3) is 0.308. The van der Waals surface area contributed by atoms with Crippen LogP contribution in [0.5, 0.6) is 0 Å². The molecule has 0 atom stereocenters. The van der Waals surface area contributed by atoms with Crippen LogP contribution >= 0.6 is 0 Å². The molecule has 72 valence electrons. The van der Waals surface area contributed by atoms with Crippen molar-refractivity contribution in [2.75, 3.05) is 0 Å². The summed E-state index contributed by atoms with van der Waals surface area (Å²) in [4.78, 5) is 11.3. The summed E-state index contributed by atoms with van der Waals surface area (Å²) in [5.74, 6) is 0.273. The van der Waals surface area contributed by atoms with E-state index >= 15 is 0 Å². The fourth-order valence-corrected chi connectivity index (χ4v) is 1.94. The largest absolute Gasteiger partial charge is 0.295 e. The maximum absolute atomic E-state index is 11.3. The van der Waals surface area contributed by atoms with Crippen molar-refractivity contribution in [3.8, 4) is 0 Å². The first kappa shape index (κ1) is 9.20. The van der Waals surface area contributed by atoms with Gasteiger partial charge in [-0.2, -0.15) is 0 Å². The molecule has 0 saturated heterocycles. The summed E-state index contributed by atoms with van der Waals surface area (Å²) in [5.41, 5.74) is 3.70. The van der Waals surface area contributed by atoms with Gasteiger partial charge in [-0.15, -0.1) is 0 Å². The van der Waals surface area contributed by atoms with Gasteiger partial charge in [-0.3, -0.25) is 4.79 Å². The molecule has 0 radical (unpaired) electrons. The summed E-state index contributed by atoms with van der Waals surface area (Å²) >= 11 is 0. The average Bonchev–Trinajstić information content (AvgIpc) is 2.18. The van der Waals surface area contributed by atoms with Crippen LogP contribution in [0, 0.1) is 6.92 Å². The molecule has 0 spiro atoms. The van der Waals surface area contributed by atoms with E-state index in [2.05, 4.69) is 19.1 Å². The molecule has 1 aliphatic rings. The number of hydrogen-bond donors (Lipinski definition) is 0. The van der Waals surface area contributed by atoms with Crippen molar-refractivity contribution in [3.05, 3.63) is 41.5 Å². The Morgan fingerprint density at radius 3 is 2.64 bits per heavy atom. The molecule has 0 fully saturated rings. The molecule has 0 saturated carbocycles. The van der Waals surface area contributed by atoms with Gasteiger partial charge in [0.05, 0.1) is 0 Å². The molecule has 0 N–H and O–H groups in total. The van der Waals surface area contributed by atoms with E-state index in [1.54, 1.807) is 0 Å². The van der Waals surface area contributed by atoms with E-state index in [1.165, 1.54) is 16.7 Å². The van der Waals surface area contributed by atoms with Gasteiger partial charge in [0.15, 0.2) is 5.78 Å². The number of carbonyl (C=O) groups excluding carboxylic acids is 1. The standard InChI is InChI=1S/C13H14O/c1-10-5-2-3-8-13(10)11-6-4-7-12(14)9-11/h2-3,5,8-9H,4,6-7H2,1H3. The highest BCUT2D eigenvalue weighted by Crippen LogP contribution is 2.27. The van der Waals surface area contributed by atoms with E-state index in [9.17, 15) is 4.79 Å². The molecule has 1 aromatic carbocycles. The molecule has 0 amide bonds. The van der Waals surface area contributed by atoms with E-state index in [4.69, 9.17) is 0 Å². The van der Waals surface area contributed by atoms with Gasteiger partial charge >= 0.3 is 0 Å². The zero-order chi connectivity index (χ0) is 9.97. The monoisotopic (exact) mass is 186 g/mol. The second kappa shape index (κ2) is 3.79. The highest BCUT2D eigenvalue weighted by molar-refractivity contribution is 5.98. The summed E-state index contributed by atoms with van der Waals surface area (Å²) < 4.78 is 0. The van der Waals surface area contributed by atoms with Gasteiger partial charge in [-0.25, -0.2) is 0 Å². The summed E-state index contributed by atoms with van der Waals surface area (Å²) in [5, 5.41) is 0. The first-order valence-electron chi connectivity index (χ1n) is 5.07. The lowest BCUT2D eigenvalue weighted by atomic mass is 9.91. The number of allylic oxidation sites excluding steroid dienone is 2. The van der Waals surface area contributed by atoms with Gasteiger partial charge in [0, 0.05) is 6.42 Å². The van der Waals surface area contributed by atoms with Gasteiger partial charge in [-0.05, 0) is 42.5 Å². The number of benzene rings is 1. The first-order chi connectivity index (χ1) is 6.77. The van der Waals surface area contributed by atoms with E-state index in [0.717, 1.165) is 19.3 Å². The summed E-state index contributed by atoms with van der Waals surface area (Å²) in [6.45, 7) is 2.09. The predicted octanol–water partition coefficient (Wildman–Crippen LogP) is 3.13. The maximum Gasteiger partial charge on any atom is 0.155 e. The summed E-state index contributed by atoms with van der Waals surface area (Å²) in [6, 6.07) is 8.25. The summed E-state index contributed by atoms with van der Waals surface area (Å²) in [7, 11) is 0. The lowest BCUT2D eigenvalue weighted by molar-refractivity contribution is -0.114. The van der Waals surface area contributed by atoms with E-state index < -0.39 is 0 Å². The molecular weight excluding hydrogens is 172 g/mol. The van der Waals surface area contributed by atoms with Crippen molar-refractivity contribution in [2.45, 2.75) is 26.2 Å². The number of aryl methyl sites for hydroxylation is 1. The molecule has 1 aromatic rings. The number of carbonyl (C=O) groups is 1. The van der Waals surface area contributed by atoms with Crippen LogP contribution in [0.1, 0.15) is 30.4 Å². The van der Waals surface area contributed by atoms with Gasteiger partial charge in [-0.1, -0.05) is 24.3 Å². The Morgan fingerprint density at radius 2 is 1.93 bits per heavy atom. The Labute approximate surface area is 84.5 Å².